The summed E-state index contributed by atoms with van der Waals surface area (Å²) in [6.45, 7) is 2.03. The topological polar surface area (TPSA) is 265 Å². The van der Waals surface area contributed by atoms with E-state index < -0.39 is 83.7 Å². The number of hydrogen-bond acceptors (Lipinski definition) is 15. The van der Waals surface area contributed by atoms with Gasteiger partial charge in [-0.1, -0.05) is 120 Å². The van der Waals surface area contributed by atoms with Crippen LogP contribution in [0, 0.1) is 0 Å². The molecule has 0 saturated carbocycles. The first-order valence-electron chi connectivity index (χ1n) is 24.3. The highest BCUT2D eigenvalue weighted by Gasteiger charge is 2.46. The Hall–Kier alpha value is -3.54. The van der Waals surface area contributed by atoms with E-state index in [0.29, 0.717) is 12.8 Å². The highest BCUT2D eigenvalue weighted by Crippen LogP contribution is 2.60. The maximum Gasteiger partial charge on any atom is 0.481 e. The predicted octanol–water partition coefficient (Wildman–Crippen LogP) is 9.55. The van der Waals surface area contributed by atoms with Gasteiger partial charge >= 0.3 is 33.3 Å². The monoisotopic (exact) mass is 999 g/mol. The number of hydrogen-bond donors (Lipinski definition) is 5. The Bertz CT molecular complexity index is 1870. The van der Waals surface area contributed by atoms with E-state index in [2.05, 4.69) is 83.9 Å². The number of ether oxygens (including phenoxy) is 3. The molecule has 0 aliphatic carbocycles. The molecule has 7 atom stereocenters. The van der Waals surface area contributed by atoms with E-state index in [4.69, 9.17) is 29.0 Å². The Labute approximate surface area is 402 Å². The van der Waals surface area contributed by atoms with E-state index in [1.54, 1.807) is 0 Å². The third-order valence-electron chi connectivity index (χ3n) is 10.6. The van der Waals surface area contributed by atoms with Gasteiger partial charge in [-0.15, -0.1) is 0 Å². The molecular weight excluding hydrogens is 920 g/mol. The summed E-state index contributed by atoms with van der Waals surface area (Å²) < 4.78 is 56.6. The predicted molar refractivity (Wildman–Crippen MR) is 261 cm³/mol. The normalized spacial score (nSPS) is 20.0. The molecular formula is C48H79N3O15P2. The van der Waals surface area contributed by atoms with Crippen LogP contribution in [0.5, 0.6) is 0 Å². The second-order valence-corrected chi connectivity index (χ2v) is 19.6. The van der Waals surface area contributed by atoms with Crippen LogP contribution in [-0.4, -0.2) is 85.7 Å². The van der Waals surface area contributed by atoms with Gasteiger partial charge in [0.2, 0.25) is 0 Å². The lowest BCUT2D eigenvalue weighted by molar-refractivity contribution is -0.161. The number of allylic oxidation sites excluding steroid dienone is 10. The Morgan fingerprint density at radius 2 is 1.19 bits per heavy atom. The van der Waals surface area contributed by atoms with Crippen molar-refractivity contribution in [3.05, 3.63) is 83.5 Å². The minimum Gasteiger partial charge on any atom is -0.462 e. The van der Waals surface area contributed by atoms with Crippen molar-refractivity contribution in [1.29, 1.82) is 0 Å². The fourth-order valence-electron chi connectivity index (χ4n) is 6.76. The van der Waals surface area contributed by atoms with Gasteiger partial charge in [0.1, 0.15) is 30.7 Å². The van der Waals surface area contributed by atoms with Crippen molar-refractivity contribution in [1.82, 2.24) is 9.55 Å². The molecule has 68 heavy (non-hydrogen) atoms. The van der Waals surface area contributed by atoms with Gasteiger partial charge in [0.25, 0.3) is 0 Å². The average molecular weight is 1000 g/mol. The van der Waals surface area contributed by atoms with Crippen molar-refractivity contribution in [2.75, 3.05) is 25.6 Å². The van der Waals surface area contributed by atoms with Gasteiger partial charge in [-0.05, 0) is 89.5 Å². The van der Waals surface area contributed by atoms with Crippen LogP contribution in [-0.2, 0) is 46.3 Å². The van der Waals surface area contributed by atoms with Crippen molar-refractivity contribution in [3.8, 4) is 0 Å². The van der Waals surface area contributed by atoms with Crippen LogP contribution in [0.15, 0.2) is 77.8 Å². The molecule has 18 nitrogen and oxygen atoms in total. The summed E-state index contributed by atoms with van der Waals surface area (Å²) in [6.07, 6.45) is 34.5. The van der Waals surface area contributed by atoms with Crippen LogP contribution in [0.4, 0.5) is 5.82 Å². The number of nitrogens with zero attached hydrogens (tertiary/aromatic N) is 2. The number of esters is 2. The standard InChI is InChI=1S/C48H79N3O15P2/c1-3-5-7-9-11-13-15-17-19-21-23-25-27-29-31-33-43(52)61-37-40(64-44(53)34-32-30-28-26-24-22-20-18-16-14-12-10-8-6-4-2)38-62-67(57,58)66-68(59,60)63-39-41-45(54)46(55)47(65-41)51-36-35-42(49)50-48(51)56/h11-14,17-20,23,25,35-36,40-41,45-47,54-55H,3-10,15-16,21-22,24,26-34,37-39H2,1-2H3,(H,57,58)(H,59,60)(H2,49,50,56)/b13-11-,14-12-,19-17-,20-18-,25-23-/t40-,41-,45+,46?,47-/m1/s1. The van der Waals surface area contributed by atoms with E-state index >= 15 is 0 Å². The highest BCUT2D eigenvalue weighted by atomic mass is 31.3. The lowest BCUT2D eigenvalue weighted by Gasteiger charge is -2.21. The fourth-order valence-corrected chi connectivity index (χ4v) is 8.87. The number of carbonyl (C=O) groups is 2. The molecule has 1 saturated heterocycles. The molecule has 6 N–H and O–H groups in total. The molecule has 1 aliphatic heterocycles. The van der Waals surface area contributed by atoms with Crippen molar-refractivity contribution in [3.63, 3.8) is 0 Å². The van der Waals surface area contributed by atoms with Gasteiger partial charge in [0.05, 0.1) is 13.2 Å². The minimum atomic E-state index is -5.43. The quantitative estimate of drug-likeness (QED) is 0.0178. The molecule has 3 unspecified atom stereocenters. The first-order chi connectivity index (χ1) is 32.7. The number of unbranched alkanes of at least 4 members (excludes halogenated alkanes) is 13. The zero-order valence-corrected chi connectivity index (χ0v) is 41.9. The van der Waals surface area contributed by atoms with Crippen LogP contribution in [0.3, 0.4) is 0 Å². The minimum absolute atomic E-state index is 0.0233. The van der Waals surface area contributed by atoms with Crippen molar-refractivity contribution >= 4 is 33.4 Å². The summed E-state index contributed by atoms with van der Waals surface area (Å²) in [7, 11) is -10.9. The van der Waals surface area contributed by atoms with Gasteiger partial charge < -0.3 is 39.9 Å². The second kappa shape index (κ2) is 36.4. The number of aliphatic hydroxyl groups excluding tert-OH is 2. The van der Waals surface area contributed by atoms with Crippen molar-refractivity contribution in [2.45, 2.75) is 186 Å². The van der Waals surface area contributed by atoms with Crippen molar-refractivity contribution < 1.29 is 66.3 Å². The molecule has 20 heteroatoms. The molecule has 0 radical (unpaired) electrons. The van der Waals surface area contributed by atoms with E-state index in [1.165, 1.54) is 44.6 Å². The third kappa shape index (κ3) is 28.8. The molecule has 0 spiro atoms. The molecule has 1 fully saturated rings. The lowest BCUT2D eigenvalue weighted by Crippen LogP contribution is -2.36. The number of aliphatic hydroxyl groups is 2. The number of phosphoric ester groups is 2. The van der Waals surface area contributed by atoms with E-state index in [9.17, 15) is 43.5 Å². The molecule has 1 aromatic rings. The Morgan fingerprint density at radius 3 is 1.76 bits per heavy atom. The van der Waals surface area contributed by atoms with Gasteiger partial charge in [0.15, 0.2) is 12.3 Å². The number of anilines is 1. The number of aromatic nitrogens is 2. The van der Waals surface area contributed by atoms with Gasteiger partial charge in [-0.3, -0.25) is 23.2 Å². The highest BCUT2D eigenvalue weighted by molar-refractivity contribution is 7.61. The summed E-state index contributed by atoms with van der Waals surface area (Å²) in [5.74, 6) is -1.36. The third-order valence-corrected chi connectivity index (χ3v) is 13.2. The molecule has 2 heterocycles. The van der Waals surface area contributed by atoms with E-state index in [0.717, 1.165) is 87.8 Å². The summed E-state index contributed by atoms with van der Waals surface area (Å²) in [5.41, 5.74) is 4.58. The molecule has 1 aliphatic rings. The van der Waals surface area contributed by atoms with Crippen LogP contribution in [0.25, 0.3) is 0 Å². The fraction of sp³-hybridized carbons (Fsp3) is 0.667. The summed E-state index contributed by atoms with van der Waals surface area (Å²) in [5, 5.41) is 20.9. The first-order valence-corrected chi connectivity index (χ1v) is 27.3. The number of nitrogens with two attached hydrogens (primary N) is 1. The maximum absolute atomic E-state index is 12.8. The number of nitrogen functional groups attached to an aromatic ring is 1. The molecule has 0 amide bonds. The molecule has 0 bridgehead atoms. The Kier molecular flexibility index (Phi) is 32.4. The average Bonchev–Trinajstić information content (AvgIpc) is 3.57. The molecule has 386 valence electrons. The largest absolute Gasteiger partial charge is 0.481 e. The number of rotatable bonds is 39. The Morgan fingerprint density at radius 1 is 0.706 bits per heavy atom. The molecule has 1 aromatic heterocycles. The summed E-state index contributed by atoms with van der Waals surface area (Å²) in [6, 6.07) is 1.24. The SMILES string of the molecule is CCCCC/C=C\C/C=C\C/C=C\CCCCC(=O)OC[C@H](COP(=O)(O)OP(=O)(O)OC[C@H]1O[C@@H](n2ccc(N)nc2=O)C(O)[C@H]1O)OC(=O)CCCCCCC/C=C\C/C=C\CCCCC. The Balaban J connectivity index is 1.84. The van der Waals surface area contributed by atoms with E-state index in [1.807, 2.05) is 0 Å². The zero-order valence-electron chi connectivity index (χ0n) is 40.1. The summed E-state index contributed by atoms with van der Waals surface area (Å²) in [4.78, 5) is 61.8. The summed E-state index contributed by atoms with van der Waals surface area (Å²) >= 11 is 0. The maximum atomic E-state index is 12.8. The van der Waals surface area contributed by atoms with E-state index in [-0.39, 0.29) is 18.7 Å². The first kappa shape index (κ1) is 60.6. The molecule has 0 aromatic carbocycles. The number of carbonyl (C=O) groups excluding carboxylic acids is 2. The lowest BCUT2D eigenvalue weighted by atomic mass is 10.1. The van der Waals surface area contributed by atoms with Crippen LogP contribution < -0.4 is 11.4 Å². The van der Waals surface area contributed by atoms with Crippen LogP contribution in [0.2, 0.25) is 0 Å². The smallest absolute Gasteiger partial charge is 0.462 e. The van der Waals surface area contributed by atoms with Crippen LogP contribution >= 0.6 is 15.6 Å². The number of phosphoric acid groups is 2. The van der Waals surface area contributed by atoms with Gasteiger partial charge in [-0.2, -0.15) is 9.29 Å². The van der Waals surface area contributed by atoms with Crippen LogP contribution in [0.1, 0.15) is 161 Å². The second-order valence-electron chi connectivity index (χ2n) is 16.6. The molecule has 2 rings (SSSR count). The van der Waals surface area contributed by atoms with Crippen molar-refractivity contribution in [2.24, 2.45) is 0 Å². The zero-order chi connectivity index (χ0) is 49.9. The van der Waals surface area contributed by atoms with Gasteiger partial charge in [-0.25, -0.2) is 13.9 Å². The van der Waals surface area contributed by atoms with Gasteiger partial charge in [0, 0.05) is 19.0 Å².